The van der Waals surface area contributed by atoms with Gasteiger partial charge in [-0.3, -0.25) is 0 Å². The van der Waals surface area contributed by atoms with Crippen LogP contribution in [-0.4, -0.2) is 26.7 Å². The molecule has 1 N–H and O–H groups in total. The lowest BCUT2D eigenvalue weighted by Crippen LogP contribution is -2.32. The summed E-state index contributed by atoms with van der Waals surface area (Å²) in [7, 11) is 4.12. The third kappa shape index (κ3) is 3.13. The Bertz CT molecular complexity index is 620. The zero-order valence-electron chi connectivity index (χ0n) is 12.9. The van der Waals surface area contributed by atoms with E-state index in [0.717, 1.165) is 24.4 Å². The number of rotatable bonds is 3. The lowest BCUT2D eigenvalue weighted by molar-refractivity contribution is 0.206. The van der Waals surface area contributed by atoms with Crippen LogP contribution < -0.4 is 15.0 Å². The maximum absolute atomic E-state index is 6.10. The van der Waals surface area contributed by atoms with E-state index in [1.54, 1.807) is 0 Å². The van der Waals surface area contributed by atoms with Crippen molar-refractivity contribution in [2.75, 3.05) is 30.9 Å². The lowest BCUT2D eigenvalue weighted by atomic mass is 10.1. The monoisotopic (exact) mass is 282 g/mol. The van der Waals surface area contributed by atoms with Crippen LogP contribution in [0.3, 0.4) is 0 Å². The molecule has 1 unspecified atom stereocenters. The van der Waals surface area contributed by atoms with Gasteiger partial charge in [0, 0.05) is 26.2 Å². The van der Waals surface area contributed by atoms with E-state index < -0.39 is 0 Å². The summed E-state index contributed by atoms with van der Waals surface area (Å²) in [6.07, 6.45) is 1.11. The van der Waals surface area contributed by atoms with Gasteiger partial charge in [-0.15, -0.1) is 0 Å². The highest BCUT2D eigenvalue weighted by Gasteiger charge is 2.19. The fraction of sp³-hybridized carbons (Fsp3) is 0.333. The fourth-order valence-electron chi connectivity index (χ4n) is 2.64. The molecule has 21 heavy (non-hydrogen) atoms. The molecule has 1 aliphatic rings. The van der Waals surface area contributed by atoms with Crippen molar-refractivity contribution in [2.45, 2.75) is 19.4 Å². The minimum Gasteiger partial charge on any atom is -0.486 e. The SMILES string of the molecule is Cc1ccc2c(c1)NCC(Cc1ccc(N(C)C)cc1)O2. The molecule has 0 saturated heterocycles. The van der Waals surface area contributed by atoms with Crippen molar-refractivity contribution < 1.29 is 4.74 Å². The van der Waals surface area contributed by atoms with Crippen molar-refractivity contribution in [1.82, 2.24) is 0 Å². The van der Waals surface area contributed by atoms with E-state index >= 15 is 0 Å². The molecule has 3 heteroatoms. The molecule has 3 nitrogen and oxygen atoms in total. The summed E-state index contributed by atoms with van der Waals surface area (Å²) in [5.74, 6) is 0.960. The topological polar surface area (TPSA) is 24.5 Å². The summed E-state index contributed by atoms with van der Waals surface area (Å²) in [5.41, 5.74) is 4.89. The van der Waals surface area contributed by atoms with Crippen LogP contribution in [0.2, 0.25) is 0 Å². The van der Waals surface area contributed by atoms with E-state index in [-0.39, 0.29) is 6.10 Å². The minimum atomic E-state index is 0.186. The van der Waals surface area contributed by atoms with Crippen molar-refractivity contribution in [1.29, 1.82) is 0 Å². The molecular weight excluding hydrogens is 260 g/mol. The molecule has 0 amide bonds. The molecule has 110 valence electrons. The fourth-order valence-corrected chi connectivity index (χ4v) is 2.64. The Kier molecular flexibility index (Phi) is 3.74. The summed E-state index contributed by atoms with van der Waals surface area (Å²) in [5, 5.41) is 3.47. The smallest absolute Gasteiger partial charge is 0.142 e. The second-order valence-electron chi connectivity index (χ2n) is 5.89. The van der Waals surface area contributed by atoms with Crippen LogP contribution in [0.1, 0.15) is 11.1 Å². The first-order valence-electron chi connectivity index (χ1n) is 7.39. The summed E-state index contributed by atoms with van der Waals surface area (Å²) < 4.78 is 6.10. The van der Waals surface area contributed by atoms with Gasteiger partial charge in [0.25, 0.3) is 0 Å². The number of hydrogen-bond acceptors (Lipinski definition) is 3. The van der Waals surface area contributed by atoms with Crippen LogP contribution >= 0.6 is 0 Å². The van der Waals surface area contributed by atoms with Crippen molar-refractivity contribution in [3.05, 3.63) is 53.6 Å². The first kappa shape index (κ1) is 13.8. The van der Waals surface area contributed by atoms with Gasteiger partial charge in [0.05, 0.1) is 12.2 Å². The molecule has 2 aromatic rings. The second-order valence-corrected chi connectivity index (χ2v) is 5.89. The normalized spacial score (nSPS) is 16.6. The highest BCUT2D eigenvalue weighted by atomic mass is 16.5. The van der Waals surface area contributed by atoms with Crippen LogP contribution in [0.25, 0.3) is 0 Å². The Hall–Kier alpha value is -2.16. The Balaban J connectivity index is 1.68. The van der Waals surface area contributed by atoms with Gasteiger partial charge in [0.1, 0.15) is 11.9 Å². The van der Waals surface area contributed by atoms with Crippen LogP contribution in [0, 0.1) is 6.92 Å². The van der Waals surface area contributed by atoms with E-state index in [0.29, 0.717) is 0 Å². The molecule has 2 aromatic carbocycles. The maximum atomic E-state index is 6.10. The first-order valence-corrected chi connectivity index (χ1v) is 7.39. The molecule has 0 spiro atoms. The number of hydrogen-bond donors (Lipinski definition) is 1. The maximum Gasteiger partial charge on any atom is 0.142 e. The van der Waals surface area contributed by atoms with Gasteiger partial charge in [0.2, 0.25) is 0 Å². The molecule has 0 aromatic heterocycles. The molecule has 0 aliphatic carbocycles. The predicted octanol–water partition coefficient (Wildman–Crippen LogP) is 3.48. The number of anilines is 2. The summed E-state index contributed by atoms with van der Waals surface area (Å²) >= 11 is 0. The van der Waals surface area contributed by atoms with Gasteiger partial charge in [-0.25, -0.2) is 0 Å². The highest BCUT2D eigenvalue weighted by molar-refractivity contribution is 5.59. The zero-order chi connectivity index (χ0) is 14.8. The van der Waals surface area contributed by atoms with Crippen LogP contribution in [0.15, 0.2) is 42.5 Å². The highest BCUT2D eigenvalue weighted by Crippen LogP contribution is 2.30. The van der Waals surface area contributed by atoms with Gasteiger partial charge in [0.15, 0.2) is 0 Å². The predicted molar refractivity (Wildman–Crippen MR) is 88.6 cm³/mol. The van der Waals surface area contributed by atoms with Crippen molar-refractivity contribution in [3.8, 4) is 5.75 Å². The van der Waals surface area contributed by atoms with E-state index in [1.165, 1.54) is 16.8 Å². The molecule has 0 radical (unpaired) electrons. The van der Waals surface area contributed by atoms with Gasteiger partial charge < -0.3 is 15.0 Å². The summed E-state index contributed by atoms with van der Waals surface area (Å²) in [4.78, 5) is 2.11. The van der Waals surface area contributed by atoms with Gasteiger partial charge in [-0.2, -0.15) is 0 Å². The zero-order valence-corrected chi connectivity index (χ0v) is 12.9. The molecule has 1 aliphatic heterocycles. The number of nitrogens with one attached hydrogen (secondary N) is 1. The molecular formula is C18H22N2O. The number of aryl methyl sites for hydroxylation is 1. The van der Waals surface area contributed by atoms with Gasteiger partial charge in [-0.05, 0) is 42.3 Å². The molecule has 0 fully saturated rings. The van der Waals surface area contributed by atoms with Crippen molar-refractivity contribution in [3.63, 3.8) is 0 Å². The van der Waals surface area contributed by atoms with Crippen LogP contribution in [-0.2, 0) is 6.42 Å². The molecule has 0 saturated carbocycles. The Morgan fingerprint density at radius 3 is 2.62 bits per heavy atom. The molecule has 1 atom stereocenters. The minimum absolute atomic E-state index is 0.186. The largest absolute Gasteiger partial charge is 0.486 e. The quantitative estimate of drug-likeness (QED) is 0.933. The van der Waals surface area contributed by atoms with E-state index in [1.807, 2.05) is 0 Å². The number of benzene rings is 2. The standard InChI is InChI=1S/C18H22N2O/c1-13-4-9-18-17(10-13)19-12-16(21-18)11-14-5-7-15(8-6-14)20(2)3/h4-10,16,19H,11-12H2,1-3H3. The van der Waals surface area contributed by atoms with Crippen LogP contribution in [0.4, 0.5) is 11.4 Å². The lowest BCUT2D eigenvalue weighted by Gasteiger charge is -2.28. The number of fused-ring (bicyclic) bond motifs is 1. The average molecular weight is 282 g/mol. The Morgan fingerprint density at radius 2 is 1.90 bits per heavy atom. The van der Waals surface area contributed by atoms with Crippen LogP contribution in [0.5, 0.6) is 5.75 Å². The average Bonchev–Trinajstić information content (AvgIpc) is 2.48. The molecule has 1 heterocycles. The van der Waals surface area contributed by atoms with E-state index in [2.05, 4.69) is 73.7 Å². The number of nitrogens with zero attached hydrogens (tertiary/aromatic N) is 1. The summed E-state index contributed by atoms with van der Waals surface area (Å²) in [6, 6.07) is 15.0. The third-order valence-electron chi connectivity index (χ3n) is 3.86. The molecule has 3 rings (SSSR count). The Labute approximate surface area is 126 Å². The number of ether oxygens (including phenoxy) is 1. The van der Waals surface area contributed by atoms with Crippen molar-refractivity contribution in [2.24, 2.45) is 0 Å². The van der Waals surface area contributed by atoms with Gasteiger partial charge in [-0.1, -0.05) is 18.2 Å². The third-order valence-corrected chi connectivity index (χ3v) is 3.86. The second kappa shape index (κ2) is 5.68. The first-order chi connectivity index (χ1) is 10.1. The van der Waals surface area contributed by atoms with Gasteiger partial charge >= 0.3 is 0 Å². The van der Waals surface area contributed by atoms with E-state index in [4.69, 9.17) is 4.74 Å². The Morgan fingerprint density at radius 1 is 1.14 bits per heavy atom. The van der Waals surface area contributed by atoms with Crippen molar-refractivity contribution >= 4 is 11.4 Å². The van der Waals surface area contributed by atoms with E-state index in [9.17, 15) is 0 Å². The molecule has 0 bridgehead atoms. The summed E-state index contributed by atoms with van der Waals surface area (Å²) in [6.45, 7) is 2.95.